The smallest absolute Gasteiger partial charge is 0.305 e. The number of amides is 2. The van der Waals surface area contributed by atoms with Gasteiger partial charge in [-0.05, 0) is 44.0 Å². The highest BCUT2D eigenvalue weighted by Gasteiger charge is 2.31. The number of benzene rings is 1. The van der Waals surface area contributed by atoms with Gasteiger partial charge in [-0.15, -0.1) is 0 Å². The Morgan fingerprint density at radius 3 is 2.47 bits per heavy atom. The number of esters is 1. The third-order valence-corrected chi connectivity index (χ3v) is 5.90. The molecule has 0 N–H and O–H groups in total. The number of nitrogens with zero attached hydrogens (tertiary/aromatic N) is 2. The van der Waals surface area contributed by atoms with Crippen LogP contribution in [-0.2, 0) is 19.1 Å². The molecule has 162 valence electrons. The minimum Gasteiger partial charge on any atom is -0.484 e. The second kappa shape index (κ2) is 11.7. The Kier molecular flexibility index (Phi) is 9.32. The van der Waals surface area contributed by atoms with Gasteiger partial charge in [-0.3, -0.25) is 19.3 Å². The van der Waals surface area contributed by atoms with Gasteiger partial charge in [0.1, 0.15) is 10.1 Å². The Labute approximate surface area is 186 Å². The van der Waals surface area contributed by atoms with Crippen LogP contribution in [0.15, 0.2) is 29.2 Å². The van der Waals surface area contributed by atoms with Gasteiger partial charge in [0, 0.05) is 26.1 Å². The molecule has 0 atom stereocenters. The van der Waals surface area contributed by atoms with Crippen LogP contribution in [-0.4, -0.2) is 65.3 Å². The lowest BCUT2D eigenvalue weighted by Gasteiger charge is -2.18. The highest BCUT2D eigenvalue weighted by Crippen LogP contribution is 2.33. The third kappa shape index (κ3) is 6.56. The Hall–Kier alpha value is -2.39. The number of methoxy groups -OCH3 is 1. The topological polar surface area (TPSA) is 76.2 Å². The van der Waals surface area contributed by atoms with Crippen molar-refractivity contribution >= 4 is 52.2 Å². The average Bonchev–Trinajstić information content (AvgIpc) is 3.01. The fourth-order valence-electron chi connectivity index (χ4n) is 2.80. The molecule has 0 unspecified atom stereocenters. The van der Waals surface area contributed by atoms with Crippen LogP contribution in [0.2, 0.25) is 0 Å². The molecule has 0 radical (unpaired) electrons. The van der Waals surface area contributed by atoms with Gasteiger partial charge in [-0.1, -0.05) is 36.1 Å². The fraction of sp³-hybridized carbons (Fsp3) is 0.429. The number of ether oxygens (including phenoxy) is 2. The predicted octanol–water partition coefficient (Wildman–Crippen LogP) is 3.09. The van der Waals surface area contributed by atoms with Crippen LogP contribution in [0.5, 0.6) is 5.75 Å². The van der Waals surface area contributed by atoms with E-state index in [4.69, 9.17) is 17.0 Å². The second-order valence-corrected chi connectivity index (χ2v) is 8.11. The van der Waals surface area contributed by atoms with Crippen molar-refractivity contribution in [1.82, 2.24) is 9.80 Å². The molecule has 0 saturated carbocycles. The van der Waals surface area contributed by atoms with E-state index < -0.39 is 0 Å². The first kappa shape index (κ1) is 23.9. The summed E-state index contributed by atoms with van der Waals surface area (Å²) in [6.45, 7) is 5.53. The quantitative estimate of drug-likeness (QED) is 0.308. The normalized spacial score (nSPS) is 14.9. The maximum absolute atomic E-state index is 12.6. The van der Waals surface area contributed by atoms with Gasteiger partial charge in [0.25, 0.3) is 11.8 Å². The zero-order valence-electron chi connectivity index (χ0n) is 17.4. The summed E-state index contributed by atoms with van der Waals surface area (Å²) in [5.41, 5.74) is 0.826. The molecule has 1 aliphatic rings. The maximum atomic E-state index is 12.6. The standard InChI is InChI=1S/C21H26N2O5S2/c1-4-22(5-2)18(24)14-28-16-10-8-15(9-11-16)13-17-20(26)23(21(29)30-17)12-6-7-19(25)27-3/h8-11,13H,4-7,12,14H2,1-3H3/b17-13+. The minimum atomic E-state index is -0.308. The fourth-order valence-corrected chi connectivity index (χ4v) is 4.11. The van der Waals surface area contributed by atoms with E-state index in [-0.39, 0.29) is 30.8 Å². The van der Waals surface area contributed by atoms with E-state index in [2.05, 4.69) is 4.74 Å². The zero-order valence-corrected chi connectivity index (χ0v) is 19.0. The number of carbonyl (C=O) groups is 3. The number of thiocarbonyl (C=S) groups is 1. The van der Waals surface area contributed by atoms with E-state index in [0.717, 1.165) is 5.56 Å². The Morgan fingerprint density at radius 1 is 1.20 bits per heavy atom. The van der Waals surface area contributed by atoms with Crippen LogP contribution in [0, 0.1) is 0 Å². The van der Waals surface area contributed by atoms with Crippen LogP contribution >= 0.6 is 24.0 Å². The van der Waals surface area contributed by atoms with Gasteiger partial charge >= 0.3 is 5.97 Å². The van der Waals surface area contributed by atoms with Crippen LogP contribution in [0.4, 0.5) is 0 Å². The number of rotatable bonds is 10. The number of hydrogen-bond donors (Lipinski definition) is 0. The number of hydrogen-bond acceptors (Lipinski definition) is 7. The van der Waals surface area contributed by atoms with Crippen LogP contribution in [0.1, 0.15) is 32.3 Å². The van der Waals surface area contributed by atoms with E-state index in [9.17, 15) is 14.4 Å². The van der Waals surface area contributed by atoms with Crippen molar-refractivity contribution in [2.75, 3.05) is 33.4 Å². The van der Waals surface area contributed by atoms with Gasteiger partial charge < -0.3 is 14.4 Å². The summed E-state index contributed by atoms with van der Waals surface area (Å²) in [4.78, 5) is 39.6. The lowest BCUT2D eigenvalue weighted by Crippen LogP contribution is -2.34. The van der Waals surface area contributed by atoms with Crippen molar-refractivity contribution < 1.29 is 23.9 Å². The lowest BCUT2D eigenvalue weighted by atomic mass is 10.2. The van der Waals surface area contributed by atoms with Crippen molar-refractivity contribution in [3.63, 3.8) is 0 Å². The van der Waals surface area contributed by atoms with E-state index >= 15 is 0 Å². The average molecular weight is 451 g/mol. The molecule has 0 spiro atoms. The highest BCUT2D eigenvalue weighted by molar-refractivity contribution is 8.26. The highest BCUT2D eigenvalue weighted by atomic mass is 32.2. The van der Waals surface area contributed by atoms with Gasteiger partial charge in [0.15, 0.2) is 6.61 Å². The van der Waals surface area contributed by atoms with Crippen molar-refractivity contribution in [1.29, 1.82) is 0 Å². The summed E-state index contributed by atoms with van der Waals surface area (Å²) in [6, 6.07) is 7.17. The van der Waals surface area contributed by atoms with E-state index in [1.807, 2.05) is 26.0 Å². The molecule has 1 saturated heterocycles. The van der Waals surface area contributed by atoms with Crippen molar-refractivity contribution in [3.8, 4) is 5.75 Å². The maximum Gasteiger partial charge on any atom is 0.305 e. The molecule has 0 aliphatic carbocycles. The SMILES string of the molecule is CCN(CC)C(=O)COc1ccc(/C=C2/SC(=S)N(CCCC(=O)OC)C2=O)cc1. The van der Waals surface area contributed by atoms with Gasteiger partial charge in [-0.25, -0.2) is 0 Å². The molecule has 1 heterocycles. The second-order valence-electron chi connectivity index (χ2n) is 6.44. The molecule has 0 aromatic heterocycles. The van der Waals surface area contributed by atoms with E-state index in [0.29, 0.717) is 41.0 Å². The lowest BCUT2D eigenvalue weighted by molar-refractivity contribution is -0.141. The Morgan fingerprint density at radius 2 is 1.87 bits per heavy atom. The van der Waals surface area contributed by atoms with Gasteiger partial charge in [0.2, 0.25) is 0 Å². The first-order valence-corrected chi connectivity index (χ1v) is 10.9. The molecule has 30 heavy (non-hydrogen) atoms. The molecule has 1 aromatic carbocycles. The number of likely N-dealkylation sites (N-methyl/N-ethyl adjacent to an activating group) is 1. The molecule has 0 bridgehead atoms. The third-order valence-electron chi connectivity index (χ3n) is 4.52. The largest absolute Gasteiger partial charge is 0.484 e. The summed E-state index contributed by atoms with van der Waals surface area (Å²) >= 11 is 6.53. The molecule has 9 heteroatoms. The molecular formula is C21H26N2O5S2. The molecule has 1 aromatic rings. The number of thioether (sulfide) groups is 1. The number of carbonyl (C=O) groups excluding carboxylic acids is 3. The molecule has 2 rings (SSSR count). The van der Waals surface area contributed by atoms with Gasteiger partial charge in [-0.2, -0.15) is 0 Å². The van der Waals surface area contributed by atoms with Crippen molar-refractivity contribution in [2.45, 2.75) is 26.7 Å². The van der Waals surface area contributed by atoms with E-state index in [1.54, 1.807) is 23.1 Å². The summed E-state index contributed by atoms with van der Waals surface area (Å²) in [5.74, 6) is 0.0556. The zero-order chi connectivity index (χ0) is 22.1. The monoisotopic (exact) mass is 450 g/mol. The van der Waals surface area contributed by atoms with Crippen LogP contribution in [0.3, 0.4) is 0 Å². The summed E-state index contributed by atoms with van der Waals surface area (Å²) < 4.78 is 10.6. The van der Waals surface area contributed by atoms with Crippen LogP contribution < -0.4 is 4.74 Å². The first-order chi connectivity index (χ1) is 14.4. The summed E-state index contributed by atoms with van der Waals surface area (Å²) in [7, 11) is 1.34. The Balaban J connectivity index is 1.93. The molecule has 1 aliphatic heterocycles. The molecule has 2 amide bonds. The van der Waals surface area contributed by atoms with Crippen LogP contribution in [0.25, 0.3) is 6.08 Å². The molecule has 1 fully saturated rings. The predicted molar refractivity (Wildman–Crippen MR) is 121 cm³/mol. The molecular weight excluding hydrogens is 424 g/mol. The van der Waals surface area contributed by atoms with Crippen molar-refractivity contribution in [2.24, 2.45) is 0 Å². The summed E-state index contributed by atoms with van der Waals surface area (Å²) in [5, 5.41) is 0. The minimum absolute atomic E-state index is 0.00867. The van der Waals surface area contributed by atoms with E-state index in [1.165, 1.54) is 23.8 Å². The first-order valence-electron chi connectivity index (χ1n) is 9.72. The Bertz CT molecular complexity index is 819. The van der Waals surface area contributed by atoms with Gasteiger partial charge in [0.05, 0.1) is 12.0 Å². The van der Waals surface area contributed by atoms with Crippen molar-refractivity contribution in [3.05, 3.63) is 34.7 Å². The molecule has 7 nitrogen and oxygen atoms in total. The summed E-state index contributed by atoms with van der Waals surface area (Å²) in [6.07, 6.45) is 2.50.